The highest BCUT2D eigenvalue weighted by Crippen LogP contribution is 2.28. The number of H-pyrrole nitrogens is 1. The molecule has 1 aromatic heterocycles. The molecule has 0 radical (unpaired) electrons. The fraction of sp³-hybridized carbons (Fsp3) is 0.0769. The molecule has 1 aliphatic rings. The van der Waals surface area contributed by atoms with Crippen LogP contribution in [0.15, 0.2) is 35.9 Å². The van der Waals surface area contributed by atoms with Crippen LogP contribution in [0.2, 0.25) is 0 Å². The monoisotopic (exact) mass is 211 g/mol. The van der Waals surface area contributed by atoms with Crippen molar-refractivity contribution in [2.24, 2.45) is 0 Å². The van der Waals surface area contributed by atoms with Gasteiger partial charge in [-0.2, -0.15) is 0 Å². The molecule has 1 heterocycles. The molecule has 1 aromatic carbocycles. The number of benzene rings is 1. The predicted octanol–water partition coefficient (Wildman–Crippen LogP) is 2.49. The number of allylic oxidation sites excluding steroid dienone is 2. The molecule has 2 aromatic rings. The minimum absolute atomic E-state index is 0.0629. The highest BCUT2D eigenvalue weighted by molar-refractivity contribution is 6.28. The van der Waals surface area contributed by atoms with Crippen molar-refractivity contribution in [2.75, 3.05) is 0 Å². The molecule has 0 amide bonds. The van der Waals surface area contributed by atoms with E-state index < -0.39 is 0 Å². The van der Waals surface area contributed by atoms with Gasteiger partial charge in [0.05, 0.1) is 11.3 Å². The summed E-state index contributed by atoms with van der Waals surface area (Å²) in [5.74, 6) is -0.185. The van der Waals surface area contributed by atoms with Crippen LogP contribution in [0.4, 0.5) is 0 Å². The lowest BCUT2D eigenvalue weighted by molar-refractivity contribution is 0.0983. The van der Waals surface area contributed by atoms with Crippen LogP contribution in [0, 0.1) is 0 Å². The van der Waals surface area contributed by atoms with E-state index in [9.17, 15) is 9.59 Å². The fourth-order valence-electron chi connectivity index (χ4n) is 2.09. The summed E-state index contributed by atoms with van der Waals surface area (Å²) in [7, 11) is 0. The standard InChI is InChI=1S/C13H9NO2/c1-7-6-10(15)12-11(13(7)16)8-4-2-3-5-9(8)14-12/h2-6,14H,1H3. The lowest BCUT2D eigenvalue weighted by atomic mass is 9.94. The van der Waals surface area contributed by atoms with Gasteiger partial charge in [0.15, 0.2) is 5.78 Å². The maximum Gasteiger partial charge on any atom is 0.203 e. The minimum Gasteiger partial charge on any atom is -0.351 e. The van der Waals surface area contributed by atoms with E-state index in [0.717, 1.165) is 10.9 Å². The first-order valence-electron chi connectivity index (χ1n) is 5.06. The maximum absolute atomic E-state index is 12.0. The number of Topliss-reactive ketones (excluding diaryl/α,β-unsaturated/α-hetero) is 1. The summed E-state index contributed by atoms with van der Waals surface area (Å²) in [6, 6.07) is 7.46. The summed E-state index contributed by atoms with van der Waals surface area (Å²) in [6.45, 7) is 1.67. The largest absolute Gasteiger partial charge is 0.351 e. The van der Waals surface area contributed by atoms with Gasteiger partial charge in [-0.05, 0) is 19.1 Å². The van der Waals surface area contributed by atoms with Crippen LogP contribution in [0.1, 0.15) is 27.8 Å². The van der Waals surface area contributed by atoms with Crippen LogP contribution in [-0.4, -0.2) is 16.6 Å². The molecule has 0 spiro atoms. The number of hydrogen-bond donors (Lipinski definition) is 1. The van der Waals surface area contributed by atoms with Gasteiger partial charge in [0.1, 0.15) is 0 Å². The average Bonchev–Trinajstić information content (AvgIpc) is 2.66. The molecule has 3 rings (SSSR count). The van der Waals surface area contributed by atoms with Crippen molar-refractivity contribution in [2.45, 2.75) is 6.92 Å². The minimum atomic E-state index is -0.122. The number of carbonyl (C=O) groups is 2. The summed E-state index contributed by atoms with van der Waals surface area (Å²) >= 11 is 0. The first-order chi connectivity index (χ1) is 7.68. The highest BCUT2D eigenvalue weighted by atomic mass is 16.1. The Hall–Kier alpha value is -2.16. The lowest BCUT2D eigenvalue weighted by Crippen LogP contribution is -2.14. The molecule has 0 atom stereocenters. The number of ketones is 2. The number of hydrogen-bond acceptors (Lipinski definition) is 2. The second-order valence-corrected chi connectivity index (χ2v) is 3.94. The molecule has 78 valence electrons. The molecule has 0 aliphatic heterocycles. The van der Waals surface area contributed by atoms with E-state index in [1.54, 1.807) is 6.92 Å². The summed E-state index contributed by atoms with van der Waals surface area (Å²) < 4.78 is 0. The summed E-state index contributed by atoms with van der Waals surface area (Å²) in [5, 5.41) is 0.823. The van der Waals surface area contributed by atoms with Crippen molar-refractivity contribution in [1.82, 2.24) is 4.98 Å². The zero-order chi connectivity index (χ0) is 11.3. The Balaban J connectivity index is 2.44. The number of rotatable bonds is 0. The molecule has 0 fully saturated rings. The van der Waals surface area contributed by atoms with Crippen LogP contribution in [0.5, 0.6) is 0 Å². The summed E-state index contributed by atoms with van der Waals surface area (Å²) in [6.07, 6.45) is 1.39. The van der Waals surface area contributed by atoms with Gasteiger partial charge in [-0.25, -0.2) is 0 Å². The number of aromatic amines is 1. The second-order valence-electron chi connectivity index (χ2n) is 3.94. The first-order valence-corrected chi connectivity index (χ1v) is 5.06. The van der Waals surface area contributed by atoms with E-state index in [1.165, 1.54) is 6.08 Å². The fourth-order valence-corrected chi connectivity index (χ4v) is 2.09. The van der Waals surface area contributed by atoms with Crippen molar-refractivity contribution in [3.05, 3.63) is 47.2 Å². The summed E-state index contributed by atoms with van der Waals surface area (Å²) in [5.41, 5.74) is 2.26. The third-order valence-corrected chi connectivity index (χ3v) is 2.89. The van der Waals surface area contributed by atoms with Crippen molar-refractivity contribution in [3.63, 3.8) is 0 Å². The summed E-state index contributed by atoms with van der Waals surface area (Å²) in [4.78, 5) is 26.7. The van der Waals surface area contributed by atoms with E-state index in [2.05, 4.69) is 4.98 Å². The zero-order valence-electron chi connectivity index (χ0n) is 8.70. The molecular formula is C13H9NO2. The van der Waals surface area contributed by atoms with E-state index >= 15 is 0 Å². The maximum atomic E-state index is 12.0. The molecule has 3 heteroatoms. The zero-order valence-corrected chi connectivity index (χ0v) is 8.70. The van der Waals surface area contributed by atoms with E-state index in [1.807, 2.05) is 24.3 Å². The Morgan fingerprint density at radius 1 is 1.12 bits per heavy atom. The van der Waals surface area contributed by atoms with Gasteiger partial charge in [-0.15, -0.1) is 0 Å². The third kappa shape index (κ3) is 1.03. The van der Waals surface area contributed by atoms with Crippen LogP contribution >= 0.6 is 0 Å². The highest BCUT2D eigenvalue weighted by Gasteiger charge is 2.27. The Morgan fingerprint density at radius 2 is 1.88 bits per heavy atom. The molecule has 1 aliphatic carbocycles. The Labute approximate surface area is 91.8 Å². The third-order valence-electron chi connectivity index (χ3n) is 2.89. The van der Waals surface area contributed by atoms with Crippen LogP contribution in [0.3, 0.4) is 0 Å². The van der Waals surface area contributed by atoms with Crippen molar-refractivity contribution >= 4 is 22.5 Å². The van der Waals surface area contributed by atoms with Crippen molar-refractivity contribution in [1.29, 1.82) is 0 Å². The number of aromatic nitrogens is 1. The molecule has 1 N–H and O–H groups in total. The van der Waals surface area contributed by atoms with Crippen LogP contribution in [-0.2, 0) is 0 Å². The first kappa shape index (κ1) is 9.09. The number of carbonyl (C=O) groups excluding carboxylic acids is 2. The van der Waals surface area contributed by atoms with Crippen molar-refractivity contribution in [3.8, 4) is 0 Å². The molecule has 16 heavy (non-hydrogen) atoms. The molecule has 0 saturated heterocycles. The van der Waals surface area contributed by atoms with Gasteiger partial charge < -0.3 is 4.98 Å². The van der Waals surface area contributed by atoms with Gasteiger partial charge in [-0.1, -0.05) is 18.2 Å². The quantitative estimate of drug-likeness (QED) is 0.727. The number of nitrogens with one attached hydrogen (secondary N) is 1. The van der Waals surface area contributed by atoms with Crippen LogP contribution < -0.4 is 0 Å². The lowest BCUT2D eigenvalue weighted by Gasteiger charge is -2.07. The molecule has 0 saturated carbocycles. The van der Waals surface area contributed by atoms with Crippen LogP contribution in [0.25, 0.3) is 10.9 Å². The van der Waals surface area contributed by atoms with Gasteiger partial charge in [0, 0.05) is 16.5 Å². The van der Waals surface area contributed by atoms with Gasteiger partial charge in [-0.3, -0.25) is 9.59 Å². The Bertz CT molecular complexity index is 662. The Kier molecular flexibility index (Phi) is 1.66. The van der Waals surface area contributed by atoms with E-state index in [-0.39, 0.29) is 11.6 Å². The smallest absolute Gasteiger partial charge is 0.203 e. The molecule has 3 nitrogen and oxygen atoms in total. The molecule has 0 bridgehead atoms. The Morgan fingerprint density at radius 3 is 2.69 bits per heavy atom. The molecule has 0 unspecified atom stereocenters. The van der Waals surface area contributed by atoms with Gasteiger partial charge in [0.2, 0.25) is 5.78 Å². The second kappa shape index (κ2) is 2.92. The van der Waals surface area contributed by atoms with Crippen molar-refractivity contribution < 1.29 is 9.59 Å². The number of para-hydroxylation sites is 1. The average molecular weight is 211 g/mol. The topological polar surface area (TPSA) is 49.9 Å². The van der Waals surface area contributed by atoms with E-state index in [4.69, 9.17) is 0 Å². The van der Waals surface area contributed by atoms with E-state index in [0.29, 0.717) is 16.8 Å². The van der Waals surface area contributed by atoms with Gasteiger partial charge in [0.25, 0.3) is 0 Å². The predicted molar refractivity (Wildman–Crippen MR) is 60.7 cm³/mol. The van der Waals surface area contributed by atoms with Gasteiger partial charge >= 0.3 is 0 Å². The molecular weight excluding hydrogens is 202 g/mol. The SMILES string of the molecule is CC1=CC(=O)c2[nH]c3ccccc3c2C1=O. The normalized spacial score (nSPS) is 15.2. The number of fused-ring (bicyclic) bond motifs is 3.